The molecule has 0 saturated heterocycles. The number of fused-ring (bicyclic) bond motifs is 2. The molecule has 5 aromatic rings. The summed E-state index contributed by atoms with van der Waals surface area (Å²) >= 11 is 1.35. The van der Waals surface area contributed by atoms with Crippen molar-refractivity contribution in [3.8, 4) is 16.3 Å². The van der Waals surface area contributed by atoms with Crippen LogP contribution in [0.5, 0.6) is 5.75 Å². The highest BCUT2D eigenvalue weighted by Gasteiger charge is 2.22. The number of aromatic nitrogens is 5. The van der Waals surface area contributed by atoms with Crippen LogP contribution in [0.2, 0.25) is 0 Å². The molecule has 0 aliphatic carbocycles. The molecule has 0 aliphatic rings. The number of hydrogen-bond acceptors (Lipinski definition) is 10. The fourth-order valence-electron chi connectivity index (χ4n) is 3.97. The van der Waals surface area contributed by atoms with E-state index in [0.717, 1.165) is 11.1 Å². The molecule has 0 saturated carbocycles. The van der Waals surface area contributed by atoms with E-state index in [4.69, 9.17) is 9.47 Å². The molecular formula is C28H26FN7O4S. The summed E-state index contributed by atoms with van der Waals surface area (Å²) in [7, 11) is 1.53. The Morgan fingerprint density at radius 2 is 1.71 bits per heavy atom. The molecule has 2 N–H and O–H groups in total. The van der Waals surface area contributed by atoms with Gasteiger partial charge in [0.05, 0.1) is 45.5 Å². The third kappa shape index (κ3) is 6.04. The van der Waals surface area contributed by atoms with Crippen molar-refractivity contribution >= 4 is 50.3 Å². The summed E-state index contributed by atoms with van der Waals surface area (Å²) < 4.78 is 27.0. The minimum atomic E-state index is -0.709. The number of nitrogens with zero attached hydrogens (tertiary/aromatic N) is 5. The Labute approximate surface area is 238 Å². The Morgan fingerprint density at radius 1 is 0.951 bits per heavy atom. The van der Waals surface area contributed by atoms with Gasteiger partial charge in [-0.2, -0.15) is 0 Å². The van der Waals surface area contributed by atoms with E-state index >= 15 is 4.39 Å². The number of amides is 2. The number of anilines is 1. The van der Waals surface area contributed by atoms with Crippen molar-refractivity contribution in [3.05, 3.63) is 65.8 Å². The quantitative estimate of drug-likeness (QED) is 0.267. The lowest BCUT2D eigenvalue weighted by Gasteiger charge is -2.22. The molecule has 13 heteroatoms. The maximum Gasteiger partial charge on any atom is 0.412 e. The topological polar surface area (TPSA) is 141 Å². The molecule has 0 bridgehead atoms. The van der Waals surface area contributed by atoms with Crippen LogP contribution in [0.3, 0.4) is 0 Å². The molecule has 210 valence electrons. The third-order valence-corrected chi connectivity index (χ3v) is 7.27. The number of thiazole rings is 1. The lowest BCUT2D eigenvalue weighted by atomic mass is 10.1. The highest BCUT2D eigenvalue weighted by molar-refractivity contribution is 7.21. The van der Waals surface area contributed by atoms with E-state index < -0.39 is 24.1 Å². The molecule has 2 atom stereocenters. The molecule has 0 fully saturated rings. The van der Waals surface area contributed by atoms with E-state index in [1.54, 1.807) is 26.8 Å². The Hall–Kier alpha value is -4.78. The number of ether oxygens (including phenoxy) is 2. The first-order chi connectivity index (χ1) is 19.6. The molecular weight excluding hydrogens is 549 g/mol. The Kier molecular flexibility index (Phi) is 7.70. The van der Waals surface area contributed by atoms with Crippen molar-refractivity contribution in [2.24, 2.45) is 0 Å². The standard InChI is InChI=1S/C28H26FN7O4S/c1-13-6-18(25-21(7-13)35-22(12-33-25)26(37)30-5)27-36-20-8-19(29)23(9-24(20)41-27)39-14(2)15(3)40-28(38)34-17-10-31-16(4)32-11-17/h6-12,14-15H,1-5H3,(H,30,37)(H,34,38)/t14-,15+/m0/s1. The lowest BCUT2D eigenvalue weighted by Crippen LogP contribution is -2.32. The molecule has 3 aromatic heterocycles. The fourth-order valence-corrected chi connectivity index (χ4v) is 4.96. The van der Waals surface area contributed by atoms with Gasteiger partial charge in [-0.1, -0.05) is 0 Å². The number of carbonyl (C=O) groups excluding carboxylic acids is 2. The van der Waals surface area contributed by atoms with Gasteiger partial charge < -0.3 is 14.8 Å². The van der Waals surface area contributed by atoms with Crippen molar-refractivity contribution in [1.82, 2.24) is 30.2 Å². The van der Waals surface area contributed by atoms with Gasteiger partial charge in [0, 0.05) is 24.7 Å². The van der Waals surface area contributed by atoms with Crippen molar-refractivity contribution in [3.63, 3.8) is 0 Å². The van der Waals surface area contributed by atoms with Crippen LogP contribution >= 0.6 is 11.3 Å². The molecule has 41 heavy (non-hydrogen) atoms. The van der Waals surface area contributed by atoms with Crippen LogP contribution in [0.1, 0.15) is 35.7 Å². The summed E-state index contributed by atoms with van der Waals surface area (Å²) in [5.41, 5.74) is 3.81. The summed E-state index contributed by atoms with van der Waals surface area (Å²) in [5, 5.41) is 5.71. The van der Waals surface area contributed by atoms with Gasteiger partial charge in [0.25, 0.3) is 5.91 Å². The number of hydrogen-bond donors (Lipinski definition) is 2. The maximum absolute atomic E-state index is 15.1. The Bertz CT molecular complexity index is 1780. The van der Waals surface area contributed by atoms with Crippen molar-refractivity contribution in [2.45, 2.75) is 39.9 Å². The van der Waals surface area contributed by atoms with Gasteiger partial charge in [0.2, 0.25) is 0 Å². The van der Waals surface area contributed by atoms with Gasteiger partial charge in [-0.05, 0) is 45.4 Å². The molecule has 3 heterocycles. The molecule has 0 unspecified atom stereocenters. The van der Waals surface area contributed by atoms with Crippen LogP contribution in [0.15, 0.2) is 42.9 Å². The number of rotatable bonds is 7. The van der Waals surface area contributed by atoms with Crippen LogP contribution in [0.4, 0.5) is 14.9 Å². The number of aryl methyl sites for hydroxylation is 2. The van der Waals surface area contributed by atoms with E-state index in [-0.39, 0.29) is 17.4 Å². The van der Waals surface area contributed by atoms with E-state index in [2.05, 4.69) is 35.6 Å². The first-order valence-corrected chi connectivity index (χ1v) is 13.5. The number of nitrogens with one attached hydrogen (secondary N) is 2. The van der Waals surface area contributed by atoms with E-state index in [1.807, 2.05) is 19.1 Å². The van der Waals surface area contributed by atoms with Crippen LogP contribution in [-0.4, -0.2) is 56.2 Å². The summed E-state index contributed by atoms with van der Waals surface area (Å²) in [6, 6.07) is 6.65. The van der Waals surface area contributed by atoms with E-state index in [9.17, 15) is 9.59 Å². The summed E-state index contributed by atoms with van der Waals surface area (Å²) in [5.74, 6) is -0.351. The molecule has 11 nitrogen and oxygen atoms in total. The smallest absolute Gasteiger partial charge is 0.412 e. The molecule has 0 aliphatic heterocycles. The second-order valence-corrected chi connectivity index (χ2v) is 10.4. The predicted molar refractivity (Wildman–Crippen MR) is 153 cm³/mol. The third-order valence-electron chi connectivity index (χ3n) is 6.22. The summed E-state index contributed by atoms with van der Waals surface area (Å²) in [6.07, 6.45) is 2.27. The summed E-state index contributed by atoms with van der Waals surface area (Å²) in [4.78, 5) is 45.9. The van der Waals surface area contributed by atoms with Gasteiger partial charge in [-0.15, -0.1) is 11.3 Å². The Balaban J connectivity index is 1.36. The summed E-state index contributed by atoms with van der Waals surface area (Å²) in [6.45, 7) is 6.97. The monoisotopic (exact) mass is 575 g/mol. The molecule has 0 spiro atoms. The first kappa shape index (κ1) is 27.8. The van der Waals surface area contributed by atoms with Crippen LogP contribution in [0.25, 0.3) is 31.8 Å². The normalized spacial score (nSPS) is 12.6. The van der Waals surface area contributed by atoms with Crippen LogP contribution < -0.4 is 15.4 Å². The predicted octanol–water partition coefficient (Wildman–Crippen LogP) is 5.22. The maximum atomic E-state index is 15.1. The number of benzene rings is 2. The molecule has 2 aromatic carbocycles. The molecule has 5 rings (SSSR count). The zero-order chi connectivity index (χ0) is 29.3. The van der Waals surface area contributed by atoms with Crippen LogP contribution in [0, 0.1) is 19.7 Å². The molecule has 0 radical (unpaired) electrons. The zero-order valence-electron chi connectivity index (χ0n) is 22.9. The second kappa shape index (κ2) is 11.4. The van der Waals surface area contributed by atoms with Crippen LogP contribution in [-0.2, 0) is 4.74 Å². The van der Waals surface area contributed by atoms with Gasteiger partial charge >= 0.3 is 6.09 Å². The minimum absolute atomic E-state index is 0.00658. The highest BCUT2D eigenvalue weighted by atomic mass is 32.1. The molecule has 2 amide bonds. The van der Waals surface area contributed by atoms with Gasteiger partial charge in [-0.25, -0.2) is 29.1 Å². The van der Waals surface area contributed by atoms with E-state index in [0.29, 0.717) is 37.8 Å². The SMILES string of the molecule is CNC(=O)c1cnc2c(-c3nc4cc(F)c(O[C@@H](C)[C@@H](C)OC(=O)Nc5cnc(C)nc5)cc4s3)cc(C)cc2n1. The first-order valence-electron chi connectivity index (χ1n) is 12.6. The largest absolute Gasteiger partial charge is 0.484 e. The van der Waals surface area contributed by atoms with E-state index in [1.165, 1.54) is 43.0 Å². The number of halogens is 1. The van der Waals surface area contributed by atoms with Gasteiger partial charge in [0.15, 0.2) is 11.6 Å². The number of carbonyl (C=O) groups is 2. The van der Waals surface area contributed by atoms with Crippen molar-refractivity contribution in [2.75, 3.05) is 12.4 Å². The Morgan fingerprint density at radius 3 is 2.44 bits per heavy atom. The van der Waals surface area contributed by atoms with Gasteiger partial charge in [0.1, 0.15) is 28.7 Å². The van der Waals surface area contributed by atoms with Crippen molar-refractivity contribution in [1.29, 1.82) is 0 Å². The average molecular weight is 576 g/mol. The highest BCUT2D eigenvalue weighted by Crippen LogP contribution is 2.37. The minimum Gasteiger partial charge on any atom is -0.484 e. The van der Waals surface area contributed by atoms with Gasteiger partial charge in [-0.3, -0.25) is 15.1 Å². The lowest BCUT2D eigenvalue weighted by molar-refractivity contribution is 0.0402. The second-order valence-electron chi connectivity index (χ2n) is 9.36. The zero-order valence-corrected chi connectivity index (χ0v) is 23.7. The average Bonchev–Trinajstić information content (AvgIpc) is 3.35. The fraction of sp³-hybridized carbons (Fsp3) is 0.250. The van der Waals surface area contributed by atoms with Crippen molar-refractivity contribution < 1.29 is 23.5 Å².